The third kappa shape index (κ3) is 3.82. The Morgan fingerprint density at radius 2 is 2.00 bits per heavy atom. The molecule has 0 fully saturated rings. The maximum Gasteiger partial charge on any atom is 0.257 e. The zero-order valence-corrected chi connectivity index (χ0v) is 16.3. The molecular weight excluding hydrogens is 405 g/mol. The summed E-state index contributed by atoms with van der Waals surface area (Å²) in [6.07, 6.45) is 2.24. The Balaban J connectivity index is 1.86. The molecule has 0 spiro atoms. The number of halogens is 2. The number of carbonyl (C=O) groups is 1. The summed E-state index contributed by atoms with van der Waals surface area (Å²) in [6.45, 7) is 2.52. The van der Waals surface area contributed by atoms with Gasteiger partial charge in [0.15, 0.2) is 0 Å². The molecule has 0 N–H and O–H groups in total. The van der Waals surface area contributed by atoms with Gasteiger partial charge < -0.3 is 4.90 Å². The Kier molecular flexibility index (Phi) is 5.34. The molecule has 0 aliphatic rings. The maximum atomic E-state index is 13.1. The average Bonchev–Trinajstić information content (AvgIpc) is 3.20. The molecule has 0 saturated carbocycles. The van der Waals surface area contributed by atoms with Crippen LogP contribution in [0.15, 0.2) is 46.4 Å². The lowest BCUT2D eigenvalue weighted by atomic mass is 10.1. The van der Waals surface area contributed by atoms with Crippen molar-refractivity contribution in [1.29, 1.82) is 0 Å². The number of aromatic nitrogens is 2. The molecule has 4 nitrogen and oxygen atoms in total. The van der Waals surface area contributed by atoms with Gasteiger partial charge in [0, 0.05) is 11.9 Å². The summed E-state index contributed by atoms with van der Waals surface area (Å²) in [5, 5.41) is 4.34. The van der Waals surface area contributed by atoms with Crippen LogP contribution < -0.4 is 0 Å². The van der Waals surface area contributed by atoms with Crippen LogP contribution in [-0.2, 0) is 13.0 Å². The van der Waals surface area contributed by atoms with Gasteiger partial charge in [-0.2, -0.15) is 5.10 Å². The molecule has 0 saturated heterocycles. The minimum atomic E-state index is -0.299. The number of benzene rings is 1. The van der Waals surface area contributed by atoms with Crippen LogP contribution in [0.2, 0.25) is 0 Å². The smallest absolute Gasteiger partial charge is 0.257 e. The number of amides is 1. The second-order valence-electron chi connectivity index (χ2n) is 5.61. The van der Waals surface area contributed by atoms with Gasteiger partial charge in [0.2, 0.25) is 0 Å². The summed E-state index contributed by atoms with van der Waals surface area (Å²) in [6, 6.07) is 10.1. The van der Waals surface area contributed by atoms with Crippen molar-refractivity contribution in [1.82, 2.24) is 14.7 Å². The number of hydrogen-bond acceptors (Lipinski definition) is 3. The first-order valence-corrected chi connectivity index (χ1v) is 9.43. The Hall–Kier alpha value is -1.99. The Labute approximate surface area is 158 Å². The lowest BCUT2D eigenvalue weighted by Crippen LogP contribution is -2.26. The number of hydrogen-bond donors (Lipinski definition) is 0. The zero-order chi connectivity index (χ0) is 18.0. The van der Waals surface area contributed by atoms with Gasteiger partial charge in [-0.1, -0.05) is 6.92 Å². The number of nitrogens with zero attached hydrogens (tertiary/aromatic N) is 3. The molecule has 2 aromatic heterocycles. The van der Waals surface area contributed by atoms with Crippen molar-refractivity contribution in [2.45, 2.75) is 19.9 Å². The van der Waals surface area contributed by atoms with E-state index in [-0.39, 0.29) is 11.7 Å². The second-order valence-corrected chi connectivity index (χ2v) is 8.16. The van der Waals surface area contributed by atoms with Gasteiger partial charge in [-0.05, 0) is 58.7 Å². The lowest BCUT2D eigenvalue weighted by Gasteiger charge is -2.16. The molecular formula is C18H17BrFN3OS. The van der Waals surface area contributed by atoms with E-state index < -0.39 is 0 Å². The summed E-state index contributed by atoms with van der Waals surface area (Å²) < 4.78 is 15.9. The van der Waals surface area contributed by atoms with E-state index in [0.29, 0.717) is 18.5 Å². The van der Waals surface area contributed by atoms with E-state index in [1.807, 2.05) is 19.1 Å². The van der Waals surface area contributed by atoms with Crippen LogP contribution in [-0.4, -0.2) is 27.6 Å². The first-order chi connectivity index (χ1) is 12.0. The molecule has 0 unspecified atom stereocenters. The zero-order valence-electron chi connectivity index (χ0n) is 13.9. The summed E-state index contributed by atoms with van der Waals surface area (Å²) in [7, 11) is 1.78. The largest absolute Gasteiger partial charge is 0.336 e. The molecule has 25 heavy (non-hydrogen) atoms. The highest BCUT2D eigenvalue weighted by Crippen LogP contribution is 2.24. The van der Waals surface area contributed by atoms with Gasteiger partial charge in [-0.15, -0.1) is 11.3 Å². The van der Waals surface area contributed by atoms with Crippen molar-refractivity contribution in [3.05, 3.63) is 68.3 Å². The van der Waals surface area contributed by atoms with Crippen LogP contribution in [0.4, 0.5) is 4.39 Å². The third-order valence-corrected chi connectivity index (χ3v) is 5.48. The Bertz CT molecular complexity index is 888. The van der Waals surface area contributed by atoms with Crippen molar-refractivity contribution < 1.29 is 9.18 Å². The minimum Gasteiger partial charge on any atom is -0.336 e. The molecule has 3 aromatic rings. The average molecular weight is 422 g/mol. The first-order valence-electron chi connectivity index (χ1n) is 7.82. The minimum absolute atomic E-state index is 0.0743. The van der Waals surface area contributed by atoms with E-state index in [2.05, 4.69) is 21.0 Å². The van der Waals surface area contributed by atoms with E-state index in [1.54, 1.807) is 46.3 Å². The molecule has 130 valence electrons. The van der Waals surface area contributed by atoms with Crippen molar-refractivity contribution >= 4 is 33.2 Å². The van der Waals surface area contributed by atoms with Crippen LogP contribution in [0.5, 0.6) is 0 Å². The molecule has 1 aromatic carbocycles. The molecule has 0 aliphatic heterocycles. The van der Waals surface area contributed by atoms with Gasteiger partial charge in [-0.25, -0.2) is 9.07 Å². The van der Waals surface area contributed by atoms with Crippen LogP contribution in [0.1, 0.15) is 27.9 Å². The molecule has 1 amide bonds. The normalized spacial score (nSPS) is 10.9. The predicted octanol–water partition coefficient (Wildman–Crippen LogP) is 4.67. The van der Waals surface area contributed by atoms with Crippen LogP contribution in [0.25, 0.3) is 5.69 Å². The standard InChI is InChI=1S/C18H17BrFN3OS/c1-3-16-15(10-21-23(16)13-6-4-12(20)5-7-13)18(24)22(2)11-14-8-9-17(19)25-14/h4-10H,3,11H2,1-2H3. The predicted molar refractivity (Wildman–Crippen MR) is 101 cm³/mol. The highest BCUT2D eigenvalue weighted by molar-refractivity contribution is 9.11. The van der Waals surface area contributed by atoms with Gasteiger partial charge >= 0.3 is 0 Å². The van der Waals surface area contributed by atoms with Crippen molar-refractivity contribution in [3.63, 3.8) is 0 Å². The second kappa shape index (κ2) is 7.49. The molecule has 0 atom stereocenters. The molecule has 0 aliphatic carbocycles. The van der Waals surface area contributed by atoms with Crippen molar-refractivity contribution in [3.8, 4) is 5.69 Å². The highest BCUT2D eigenvalue weighted by Gasteiger charge is 2.20. The fraction of sp³-hybridized carbons (Fsp3) is 0.222. The molecule has 0 radical (unpaired) electrons. The van der Waals surface area contributed by atoms with E-state index >= 15 is 0 Å². The number of rotatable bonds is 5. The summed E-state index contributed by atoms with van der Waals surface area (Å²) in [4.78, 5) is 15.6. The van der Waals surface area contributed by atoms with Gasteiger partial charge in [0.1, 0.15) is 5.82 Å². The SMILES string of the molecule is CCc1c(C(=O)N(C)Cc2ccc(Br)s2)cnn1-c1ccc(F)cc1. The van der Waals surface area contributed by atoms with E-state index in [0.717, 1.165) is 20.0 Å². The Morgan fingerprint density at radius 1 is 1.28 bits per heavy atom. The summed E-state index contributed by atoms with van der Waals surface area (Å²) in [5.74, 6) is -0.373. The maximum absolute atomic E-state index is 13.1. The van der Waals surface area contributed by atoms with E-state index in [4.69, 9.17) is 0 Å². The quantitative estimate of drug-likeness (QED) is 0.600. The molecule has 0 bridgehead atoms. The van der Waals surface area contributed by atoms with Gasteiger partial charge in [0.25, 0.3) is 5.91 Å². The summed E-state index contributed by atoms with van der Waals surface area (Å²) in [5.41, 5.74) is 2.13. The number of carbonyl (C=O) groups excluding carboxylic acids is 1. The fourth-order valence-electron chi connectivity index (χ4n) is 2.65. The van der Waals surface area contributed by atoms with Gasteiger partial charge in [0.05, 0.1) is 33.5 Å². The van der Waals surface area contributed by atoms with Crippen molar-refractivity contribution in [2.24, 2.45) is 0 Å². The first kappa shape index (κ1) is 17.8. The molecule has 7 heteroatoms. The third-order valence-electron chi connectivity index (χ3n) is 3.87. The van der Waals surface area contributed by atoms with Gasteiger partial charge in [-0.3, -0.25) is 4.79 Å². The molecule has 2 heterocycles. The summed E-state index contributed by atoms with van der Waals surface area (Å²) >= 11 is 5.04. The van der Waals surface area contributed by atoms with Crippen LogP contribution in [0.3, 0.4) is 0 Å². The van der Waals surface area contributed by atoms with Crippen LogP contribution >= 0.6 is 27.3 Å². The van der Waals surface area contributed by atoms with E-state index in [1.165, 1.54) is 12.1 Å². The number of thiophene rings is 1. The fourth-order valence-corrected chi connectivity index (χ4v) is 4.18. The Morgan fingerprint density at radius 3 is 2.60 bits per heavy atom. The van der Waals surface area contributed by atoms with Crippen LogP contribution in [0, 0.1) is 5.82 Å². The lowest BCUT2D eigenvalue weighted by molar-refractivity contribution is 0.0785. The highest BCUT2D eigenvalue weighted by atomic mass is 79.9. The van der Waals surface area contributed by atoms with E-state index in [9.17, 15) is 9.18 Å². The topological polar surface area (TPSA) is 38.1 Å². The van der Waals surface area contributed by atoms with Crippen molar-refractivity contribution in [2.75, 3.05) is 7.05 Å². The monoisotopic (exact) mass is 421 g/mol. The molecule has 3 rings (SSSR count).